The second-order valence-corrected chi connectivity index (χ2v) is 7.48. The summed E-state index contributed by atoms with van der Waals surface area (Å²) in [7, 11) is -2.10. The Morgan fingerprint density at radius 2 is 1.58 bits per heavy atom. The van der Waals surface area contributed by atoms with Gasteiger partial charge >= 0.3 is 7.25 Å². The summed E-state index contributed by atoms with van der Waals surface area (Å²) in [6.07, 6.45) is 0. The lowest BCUT2D eigenvalue weighted by Crippen LogP contribution is -2.31. The summed E-state index contributed by atoms with van der Waals surface area (Å²) in [5.74, 6) is 0. The summed E-state index contributed by atoms with van der Waals surface area (Å²) in [5.41, 5.74) is 1.44. The van der Waals surface area contributed by atoms with Gasteiger partial charge in [-0.25, -0.2) is 0 Å². The summed E-state index contributed by atoms with van der Waals surface area (Å²) >= 11 is 0. The maximum atomic E-state index is 12.7. The van der Waals surface area contributed by atoms with E-state index < -0.39 is 17.4 Å². The quantitative estimate of drug-likeness (QED) is 0.650. The minimum absolute atomic E-state index is 0.00705. The number of rotatable bonds is 6. The molecule has 0 spiro atoms. The van der Waals surface area contributed by atoms with Gasteiger partial charge in [0.15, 0.2) is 0 Å². The third-order valence-electron chi connectivity index (χ3n) is 3.89. The lowest BCUT2D eigenvalue weighted by molar-refractivity contribution is 0.413. The Bertz CT molecular complexity index is 1010. The first-order valence-corrected chi connectivity index (χ1v) is 9.41. The van der Waals surface area contributed by atoms with Crippen molar-refractivity contribution in [1.29, 1.82) is 0 Å². The molecule has 3 rings (SSSR count). The molecule has 6 nitrogen and oxygen atoms in total. The van der Waals surface area contributed by atoms with Crippen LogP contribution in [0.4, 0.5) is 11.4 Å². The van der Waals surface area contributed by atoms with Crippen LogP contribution in [0.1, 0.15) is 0 Å². The summed E-state index contributed by atoms with van der Waals surface area (Å²) in [4.78, 5) is 1.92. The van der Waals surface area contributed by atoms with E-state index in [2.05, 4.69) is 5.23 Å². The maximum Gasteiger partial charge on any atom is 0.603 e. The number of hydrogen-bond donors (Lipinski definition) is 2. The summed E-state index contributed by atoms with van der Waals surface area (Å²) in [5, 5.41) is 13.9. The van der Waals surface area contributed by atoms with Crippen LogP contribution in [-0.4, -0.2) is 34.8 Å². The van der Waals surface area contributed by atoms with Crippen LogP contribution in [0.25, 0.3) is 10.8 Å². The van der Waals surface area contributed by atoms with Gasteiger partial charge in [-0.05, 0) is 24.3 Å². The van der Waals surface area contributed by atoms with Crippen LogP contribution >= 0.6 is 0 Å². The summed E-state index contributed by atoms with van der Waals surface area (Å²) in [6, 6.07) is 19.1. The molecule has 0 heterocycles. The Morgan fingerprint density at radius 1 is 0.923 bits per heavy atom. The fraction of sp³-hybridized carbons (Fsp3) is 0.111. The van der Waals surface area contributed by atoms with Gasteiger partial charge in [-0.2, -0.15) is 8.42 Å². The fourth-order valence-corrected chi connectivity index (χ4v) is 3.83. The highest BCUT2D eigenvalue weighted by molar-refractivity contribution is 7.87. The minimum atomic E-state index is -4.18. The Kier molecular flexibility index (Phi) is 5.17. The molecule has 0 bridgehead atoms. The molecule has 2 N–H and O–H groups in total. The highest BCUT2D eigenvalue weighted by Crippen LogP contribution is 2.31. The van der Waals surface area contributed by atoms with Gasteiger partial charge in [-0.1, -0.05) is 42.5 Å². The Balaban J connectivity index is 1.93. The lowest BCUT2D eigenvalue weighted by Gasteiger charge is -2.17. The van der Waals surface area contributed by atoms with Crippen molar-refractivity contribution in [1.82, 2.24) is 0 Å². The van der Waals surface area contributed by atoms with E-state index in [0.29, 0.717) is 11.1 Å². The predicted molar refractivity (Wildman–Crippen MR) is 105 cm³/mol. The molecular weight excluding hydrogens is 351 g/mol. The first-order chi connectivity index (χ1) is 12.4. The van der Waals surface area contributed by atoms with Gasteiger partial charge in [0.1, 0.15) is 4.90 Å². The minimum Gasteiger partial charge on any atom is -0.407 e. The van der Waals surface area contributed by atoms with Crippen LogP contribution < -0.4 is 10.1 Å². The zero-order chi connectivity index (χ0) is 18.7. The van der Waals surface area contributed by atoms with Crippen molar-refractivity contribution < 1.29 is 17.5 Å². The van der Waals surface area contributed by atoms with Gasteiger partial charge in [-0.3, -0.25) is 4.10 Å². The van der Waals surface area contributed by atoms with E-state index in [1.54, 1.807) is 42.5 Å². The second kappa shape index (κ2) is 7.37. The molecule has 0 saturated carbocycles. The summed E-state index contributed by atoms with van der Waals surface area (Å²) in [6.45, 7) is 0. The molecule has 0 aliphatic carbocycles. The molecule has 0 fully saturated rings. The average molecular weight is 370 g/mol. The van der Waals surface area contributed by atoms with E-state index in [4.69, 9.17) is 4.10 Å². The first-order valence-electron chi connectivity index (χ1n) is 8.00. The molecule has 0 aliphatic rings. The molecule has 3 aromatic carbocycles. The molecule has 134 valence electrons. The topological polar surface area (TPSA) is 78.9 Å². The van der Waals surface area contributed by atoms with Crippen LogP contribution in [0.3, 0.4) is 0 Å². The van der Waals surface area contributed by atoms with Crippen LogP contribution in [-0.2, 0) is 14.2 Å². The fourth-order valence-electron chi connectivity index (χ4n) is 2.75. The van der Waals surface area contributed by atoms with Crippen molar-refractivity contribution in [2.45, 2.75) is 4.90 Å². The van der Waals surface area contributed by atoms with E-state index in [1.165, 1.54) is 6.07 Å². The molecule has 0 amide bonds. The van der Waals surface area contributed by atoms with E-state index in [-0.39, 0.29) is 4.90 Å². The molecule has 0 radical (unpaired) electrons. The smallest absolute Gasteiger partial charge is 0.407 e. The number of anilines is 2. The first kappa shape index (κ1) is 18.3. The van der Waals surface area contributed by atoms with Gasteiger partial charge in [-0.15, -0.1) is 0 Å². The van der Waals surface area contributed by atoms with Crippen molar-refractivity contribution in [3.05, 3.63) is 66.7 Å². The van der Waals surface area contributed by atoms with Crippen LogP contribution in [0, 0.1) is 0 Å². The SMILES string of the molecule is CN(C)c1cccc2c(S(=O)(=O)OB(O)Nc3ccccc3)cccc12. The van der Waals surface area contributed by atoms with Crippen molar-refractivity contribution in [3.8, 4) is 0 Å². The third-order valence-corrected chi connectivity index (χ3v) is 5.22. The molecule has 0 aliphatic heterocycles. The number of nitrogens with zero attached hydrogens (tertiary/aromatic N) is 1. The van der Waals surface area contributed by atoms with Crippen LogP contribution in [0.5, 0.6) is 0 Å². The standard InChI is InChI=1S/C18H19BN2O4S/c1-21(2)17-12-6-11-16-15(17)10-7-13-18(16)26(23,24)25-19(22)20-14-8-4-3-5-9-14/h3-13,20,22H,1-2H3. The van der Waals surface area contributed by atoms with E-state index in [1.807, 2.05) is 37.2 Å². The summed E-state index contributed by atoms with van der Waals surface area (Å²) < 4.78 is 30.3. The molecule has 0 unspecified atom stereocenters. The molecule has 3 aromatic rings. The van der Waals surface area contributed by atoms with E-state index in [0.717, 1.165) is 11.1 Å². The number of hydrogen-bond acceptors (Lipinski definition) is 6. The monoisotopic (exact) mass is 370 g/mol. The number of fused-ring (bicyclic) bond motifs is 1. The Hall–Kier alpha value is -2.55. The highest BCUT2D eigenvalue weighted by atomic mass is 32.2. The number of para-hydroxylation sites is 1. The van der Waals surface area contributed by atoms with E-state index >= 15 is 0 Å². The third kappa shape index (κ3) is 3.82. The average Bonchev–Trinajstić information content (AvgIpc) is 2.60. The van der Waals surface area contributed by atoms with Crippen molar-refractivity contribution in [3.63, 3.8) is 0 Å². The largest absolute Gasteiger partial charge is 0.603 e. The molecule has 8 heteroatoms. The number of nitrogens with one attached hydrogen (secondary N) is 1. The second-order valence-electron chi connectivity index (χ2n) is 5.94. The zero-order valence-corrected chi connectivity index (χ0v) is 15.3. The molecular formula is C18H19BN2O4S. The molecule has 0 saturated heterocycles. The molecule has 0 atom stereocenters. The van der Waals surface area contributed by atoms with Crippen LogP contribution in [0.15, 0.2) is 71.6 Å². The maximum absolute atomic E-state index is 12.7. The molecule has 26 heavy (non-hydrogen) atoms. The van der Waals surface area contributed by atoms with E-state index in [9.17, 15) is 13.4 Å². The van der Waals surface area contributed by atoms with Crippen LogP contribution in [0.2, 0.25) is 0 Å². The van der Waals surface area contributed by atoms with Crippen molar-refractivity contribution in [2.75, 3.05) is 24.2 Å². The van der Waals surface area contributed by atoms with Gasteiger partial charge < -0.3 is 15.2 Å². The van der Waals surface area contributed by atoms with Crippen molar-refractivity contribution in [2.24, 2.45) is 0 Å². The normalized spacial score (nSPS) is 11.3. The van der Waals surface area contributed by atoms with Gasteiger partial charge in [0.2, 0.25) is 0 Å². The van der Waals surface area contributed by atoms with Crippen molar-refractivity contribution >= 4 is 39.5 Å². The number of benzene rings is 3. The van der Waals surface area contributed by atoms with Gasteiger partial charge in [0.05, 0.1) is 0 Å². The highest BCUT2D eigenvalue weighted by Gasteiger charge is 2.27. The zero-order valence-electron chi connectivity index (χ0n) is 14.5. The lowest BCUT2D eigenvalue weighted by atomic mass is 10.1. The Morgan fingerprint density at radius 3 is 2.27 bits per heavy atom. The van der Waals surface area contributed by atoms with Gasteiger partial charge in [0.25, 0.3) is 10.1 Å². The predicted octanol–water partition coefficient (Wildman–Crippen LogP) is 2.70. The Labute approximate surface area is 153 Å². The van der Waals surface area contributed by atoms with Gasteiger partial charge in [0, 0.05) is 36.2 Å². The molecule has 0 aromatic heterocycles.